The number of ether oxygens (including phenoxy) is 3. The van der Waals surface area contributed by atoms with Crippen molar-refractivity contribution in [3.8, 4) is 11.5 Å². The largest absolute Gasteiger partial charge is 0.493 e. The first-order valence-electron chi connectivity index (χ1n) is 10.9. The molecule has 1 unspecified atom stereocenters. The van der Waals surface area contributed by atoms with Crippen molar-refractivity contribution in [3.05, 3.63) is 68.8 Å². The number of methoxy groups -OCH3 is 1. The molecule has 4 rings (SSSR count). The third kappa shape index (κ3) is 4.63. The van der Waals surface area contributed by atoms with E-state index in [0.29, 0.717) is 46.4 Å². The summed E-state index contributed by atoms with van der Waals surface area (Å²) in [5.41, 5.74) is 4.02. The standard InChI is InChI=1S/C24H26BrN5O4/c1-5-10-33-23(31)20-15(3)26-24-27-28-29-30(24)21(20)17-11-18(25)22(19(12-17)32-4)34-13-16-9-7-6-8-14(16)2/h6-9,11-12,21H,5,10,13H2,1-4H3,(H,26,27,29). The molecule has 1 atom stereocenters. The number of carbonyl (C=O) groups is 1. The van der Waals surface area contributed by atoms with E-state index in [4.69, 9.17) is 14.2 Å². The monoisotopic (exact) mass is 527 g/mol. The Labute approximate surface area is 206 Å². The zero-order chi connectivity index (χ0) is 24.2. The van der Waals surface area contributed by atoms with Crippen molar-refractivity contribution in [2.45, 2.75) is 39.8 Å². The minimum Gasteiger partial charge on any atom is -0.493 e. The molecule has 1 aliphatic heterocycles. The third-order valence-electron chi connectivity index (χ3n) is 5.57. The van der Waals surface area contributed by atoms with Crippen molar-refractivity contribution in [2.75, 3.05) is 19.0 Å². The molecule has 0 fully saturated rings. The Morgan fingerprint density at radius 2 is 2.03 bits per heavy atom. The van der Waals surface area contributed by atoms with Crippen molar-refractivity contribution in [2.24, 2.45) is 0 Å². The molecule has 2 aromatic carbocycles. The first-order valence-corrected chi connectivity index (χ1v) is 11.7. The maximum atomic E-state index is 13.0. The molecular weight excluding hydrogens is 502 g/mol. The van der Waals surface area contributed by atoms with Gasteiger partial charge < -0.3 is 19.5 Å². The third-order valence-corrected chi connectivity index (χ3v) is 6.16. The van der Waals surface area contributed by atoms with Gasteiger partial charge in [0, 0.05) is 5.70 Å². The molecule has 178 valence electrons. The number of hydrogen-bond acceptors (Lipinski definition) is 8. The van der Waals surface area contributed by atoms with Crippen LogP contribution in [0.2, 0.25) is 0 Å². The fourth-order valence-corrected chi connectivity index (χ4v) is 4.39. The van der Waals surface area contributed by atoms with Crippen LogP contribution in [0.5, 0.6) is 11.5 Å². The van der Waals surface area contributed by atoms with Crippen LogP contribution in [0.15, 0.2) is 52.1 Å². The molecule has 0 bridgehead atoms. The lowest BCUT2D eigenvalue weighted by Gasteiger charge is -2.28. The number of aromatic nitrogens is 4. The predicted octanol–water partition coefficient (Wildman–Crippen LogP) is 4.57. The quantitative estimate of drug-likeness (QED) is 0.425. The van der Waals surface area contributed by atoms with Crippen LogP contribution in [-0.4, -0.2) is 39.9 Å². The van der Waals surface area contributed by atoms with Crippen LogP contribution in [0, 0.1) is 6.92 Å². The summed E-state index contributed by atoms with van der Waals surface area (Å²) in [6, 6.07) is 11.2. The number of benzene rings is 2. The Bertz CT molecular complexity index is 1240. The Morgan fingerprint density at radius 1 is 1.24 bits per heavy atom. The number of nitrogens with zero attached hydrogens (tertiary/aromatic N) is 4. The van der Waals surface area contributed by atoms with Crippen LogP contribution >= 0.6 is 15.9 Å². The number of rotatable bonds is 8. The SMILES string of the molecule is CCCOC(=O)C1=C(C)Nc2nnnn2C1c1cc(Br)c(OCc2ccccc2C)c(OC)c1. The fraction of sp³-hybridized carbons (Fsp3) is 0.333. The Kier molecular flexibility index (Phi) is 7.16. The number of halogens is 1. The average Bonchev–Trinajstić information content (AvgIpc) is 3.29. The minimum atomic E-state index is -0.605. The van der Waals surface area contributed by atoms with Crippen molar-refractivity contribution in [3.63, 3.8) is 0 Å². The summed E-state index contributed by atoms with van der Waals surface area (Å²) in [6.45, 7) is 6.51. The number of allylic oxidation sites excluding steroid dienone is 1. The maximum absolute atomic E-state index is 13.0. The number of fused-ring (bicyclic) bond motifs is 1. The highest BCUT2D eigenvalue weighted by Gasteiger charge is 2.36. The first kappa shape index (κ1) is 23.7. The highest BCUT2D eigenvalue weighted by Crippen LogP contribution is 2.43. The smallest absolute Gasteiger partial charge is 0.338 e. The van der Waals surface area contributed by atoms with Crippen LogP contribution in [-0.2, 0) is 16.1 Å². The molecule has 0 aliphatic carbocycles. The number of nitrogens with one attached hydrogen (secondary N) is 1. The van der Waals surface area contributed by atoms with E-state index < -0.39 is 12.0 Å². The van der Waals surface area contributed by atoms with Crippen molar-refractivity contribution < 1.29 is 19.0 Å². The molecule has 0 radical (unpaired) electrons. The van der Waals surface area contributed by atoms with Crippen LogP contribution < -0.4 is 14.8 Å². The van der Waals surface area contributed by atoms with Gasteiger partial charge in [-0.25, -0.2) is 4.79 Å². The minimum absolute atomic E-state index is 0.323. The summed E-state index contributed by atoms with van der Waals surface area (Å²) < 4.78 is 19.5. The molecule has 1 aromatic heterocycles. The van der Waals surface area contributed by atoms with E-state index in [1.54, 1.807) is 18.7 Å². The summed E-state index contributed by atoms with van der Waals surface area (Å²) >= 11 is 3.63. The van der Waals surface area contributed by atoms with Gasteiger partial charge in [-0.05, 0) is 75.4 Å². The van der Waals surface area contributed by atoms with Crippen LogP contribution in [0.1, 0.15) is 43.0 Å². The Hall–Kier alpha value is -3.40. The van der Waals surface area contributed by atoms with E-state index in [1.807, 2.05) is 50.2 Å². The molecule has 0 spiro atoms. The predicted molar refractivity (Wildman–Crippen MR) is 130 cm³/mol. The fourth-order valence-electron chi connectivity index (χ4n) is 3.82. The second-order valence-electron chi connectivity index (χ2n) is 7.90. The van der Waals surface area contributed by atoms with Gasteiger partial charge in [0.15, 0.2) is 11.5 Å². The van der Waals surface area contributed by atoms with Gasteiger partial charge >= 0.3 is 5.97 Å². The highest BCUT2D eigenvalue weighted by atomic mass is 79.9. The summed E-state index contributed by atoms with van der Waals surface area (Å²) in [7, 11) is 1.58. The zero-order valence-corrected chi connectivity index (χ0v) is 21.0. The van der Waals surface area contributed by atoms with Gasteiger partial charge in [0.2, 0.25) is 5.95 Å². The van der Waals surface area contributed by atoms with Gasteiger partial charge in [-0.1, -0.05) is 36.3 Å². The number of anilines is 1. The van der Waals surface area contributed by atoms with E-state index in [1.165, 1.54) is 0 Å². The second kappa shape index (κ2) is 10.3. The van der Waals surface area contributed by atoms with Crippen molar-refractivity contribution >= 4 is 27.8 Å². The zero-order valence-electron chi connectivity index (χ0n) is 19.5. The number of aryl methyl sites for hydroxylation is 1. The summed E-state index contributed by atoms with van der Waals surface area (Å²) in [4.78, 5) is 13.0. The highest BCUT2D eigenvalue weighted by molar-refractivity contribution is 9.10. The van der Waals surface area contributed by atoms with Crippen LogP contribution in [0.25, 0.3) is 0 Å². The Morgan fingerprint density at radius 3 is 2.76 bits per heavy atom. The van der Waals surface area contributed by atoms with Crippen molar-refractivity contribution in [1.29, 1.82) is 0 Å². The summed E-state index contributed by atoms with van der Waals surface area (Å²) in [5.74, 6) is 1.10. The molecule has 9 nitrogen and oxygen atoms in total. The molecule has 0 saturated carbocycles. The lowest BCUT2D eigenvalue weighted by atomic mass is 9.95. The summed E-state index contributed by atoms with van der Waals surface area (Å²) in [6.07, 6.45) is 0.721. The van der Waals surface area contributed by atoms with Gasteiger partial charge in [-0.15, -0.1) is 0 Å². The molecule has 1 aliphatic rings. The van der Waals surface area contributed by atoms with E-state index in [-0.39, 0.29) is 0 Å². The topological polar surface area (TPSA) is 100 Å². The normalized spacial score (nSPS) is 14.9. The number of hydrogen-bond donors (Lipinski definition) is 1. The molecule has 3 aromatic rings. The summed E-state index contributed by atoms with van der Waals surface area (Å²) in [5, 5.41) is 15.0. The lowest BCUT2D eigenvalue weighted by Crippen LogP contribution is -2.30. The molecule has 34 heavy (non-hydrogen) atoms. The van der Waals surface area contributed by atoms with Gasteiger partial charge in [-0.2, -0.15) is 4.68 Å². The molecule has 0 amide bonds. The number of carbonyl (C=O) groups excluding carboxylic acids is 1. The van der Waals surface area contributed by atoms with E-state index in [2.05, 4.69) is 36.8 Å². The average molecular weight is 528 g/mol. The van der Waals surface area contributed by atoms with E-state index >= 15 is 0 Å². The second-order valence-corrected chi connectivity index (χ2v) is 8.75. The lowest BCUT2D eigenvalue weighted by molar-refractivity contribution is -0.139. The van der Waals surface area contributed by atoms with E-state index in [9.17, 15) is 4.79 Å². The van der Waals surface area contributed by atoms with Gasteiger partial charge in [-0.3, -0.25) is 0 Å². The molecule has 10 heteroatoms. The molecular formula is C24H26BrN5O4. The Balaban J connectivity index is 1.73. The first-order chi connectivity index (χ1) is 16.4. The van der Waals surface area contributed by atoms with E-state index in [0.717, 1.165) is 23.1 Å². The van der Waals surface area contributed by atoms with Gasteiger partial charge in [0.05, 0.1) is 23.8 Å². The molecule has 1 N–H and O–H groups in total. The maximum Gasteiger partial charge on any atom is 0.338 e. The number of tetrazole rings is 1. The molecule has 0 saturated heterocycles. The van der Waals surface area contributed by atoms with Gasteiger partial charge in [0.25, 0.3) is 0 Å². The number of esters is 1. The van der Waals surface area contributed by atoms with Crippen LogP contribution in [0.4, 0.5) is 5.95 Å². The van der Waals surface area contributed by atoms with Gasteiger partial charge in [0.1, 0.15) is 12.6 Å². The van der Waals surface area contributed by atoms with Crippen LogP contribution in [0.3, 0.4) is 0 Å². The molecule has 2 heterocycles. The van der Waals surface area contributed by atoms with Crippen molar-refractivity contribution in [1.82, 2.24) is 20.2 Å².